The molecule has 0 unspecified atom stereocenters. The van der Waals surface area contributed by atoms with Gasteiger partial charge < -0.3 is 14.6 Å². The van der Waals surface area contributed by atoms with Gasteiger partial charge in [-0.25, -0.2) is 9.37 Å². The minimum Gasteiger partial charge on any atom is -0.491 e. The maximum Gasteiger partial charge on any atom is 0.167 e. The van der Waals surface area contributed by atoms with E-state index in [9.17, 15) is 4.39 Å². The Labute approximate surface area is 111 Å². The second-order valence-electron chi connectivity index (χ2n) is 4.48. The van der Waals surface area contributed by atoms with Crippen molar-refractivity contribution in [2.75, 3.05) is 13.2 Å². The van der Waals surface area contributed by atoms with Crippen molar-refractivity contribution in [1.29, 1.82) is 0 Å². The third-order valence-electron chi connectivity index (χ3n) is 3.28. The average Bonchev–Trinajstić information content (AvgIpc) is 2.85. The van der Waals surface area contributed by atoms with E-state index in [1.165, 1.54) is 6.07 Å². The maximum absolute atomic E-state index is 13.9. The highest BCUT2D eigenvalue weighted by atomic mass is 19.1. The Kier molecular flexibility index (Phi) is 3.21. The molecule has 3 rings (SSSR count). The van der Waals surface area contributed by atoms with Gasteiger partial charge in [0.05, 0.1) is 18.6 Å². The van der Waals surface area contributed by atoms with E-state index >= 15 is 0 Å². The van der Waals surface area contributed by atoms with Crippen molar-refractivity contribution < 1.29 is 9.13 Å². The minimum atomic E-state index is -0.337. The van der Waals surface area contributed by atoms with Crippen molar-refractivity contribution in [3.05, 3.63) is 41.7 Å². The first-order valence-corrected chi connectivity index (χ1v) is 6.48. The molecule has 2 aromatic rings. The average molecular weight is 261 g/mol. The maximum atomic E-state index is 13.9. The van der Waals surface area contributed by atoms with E-state index in [0.29, 0.717) is 12.4 Å². The van der Waals surface area contributed by atoms with Crippen LogP contribution in [0.2, 0.25) is 0 Å². The molecule has 4 nitrogen and oxygen atoms in total. The van der Waals surface area contributed by atoms with Crippen LogP contribution in [-0.4, -0.2) is 22.7 Å². The predicted octanol–water partition coefficient (Wildman–Crippen LogP) is 2.06. The summed E-state index contributed by atoms with van der Waals surface area (Å²) >= 11 is 0. The summed E-state index contributed by atoms with van der Waals surface area (Å²) in [6.45, 7) is 4.01. The lowest BCUT2D eigenvalue weighted by Crippen LogP contribution is -2.24. The van der Waals surface area contributed by atoms with Crippen LogP contribution in [0.25, 0.3) is 5.69 Å². The molecule has 19 heavy (non-hydrogen) atoms. The van der Waals surface area contributed by atoms with Gasteiger partial charge in [0.15, 0.2) is 11.6 Å². The number of aromatic nitrogens is 2. The van der Waals surface area contributed by atoms with E-state index in [1.54, 1.807) is 12.4 Å². The smallest absolute Gasteiger partial charge is 0.167 e. The molecule has 0 aliphatic carbocycles. The zero-order valence-corrected chi connectivity index (χ0v) is 10.8. The standard InChI is InChI=1S/C14H16FN3O/c1-2-19-14-4-3-10(7-11(14)15)18-9-17-12-8-16-6-5-13(12)18/h3-4,7,9,16H,2,5-6,8H2,1H3. The summed E-state index contributed by atoms with van der Waals surface area (Å²) < 4.78 is 21.1. The molecule has 100 valence electrons. The molecule has 0 bridgehead atoms. The van der Waals surface area contributed by atoms with Crippen molar-refractivity contribution in [2.24, 2.45) is 0 Å². The van der Waals surface area contributed by atoms with Crippen molar-refractivity contribution >= 4 is 0 Å². The van der Waals surface area contributed by atoms with Crippen LogP contribution in [0.15, 0.2) is 24.5 Å². The zero-order valence-electron chi connectivity index (χ0n) is 10.8. The van der Waals surface area contributed by atoms with E-state index in [2.05, 4.69) is 10.3 Å². The lowest BCUT2D eigenvalue weighted by Gasteiger charge is -2.15. The van der Waals surface area contributed by atoms with Crippen molar-refractivity contribution in [1.82, 2.24) is 14.9 Å². The molecule has 0 spiro atoms. The molecule has 0 saturated heterocycles. The second kappa shape index (κ2) is 5.01. The number of fused-ring (bicyclic) bond motifs is 1. The summed E-state index contributed by atoms with van der Waals surface area (Å²) in [5, 5.41) is 3.27. The number of hydrogen-bond donors (Lipinski definition) is 1. The second-order valence-corrected chi connectivity index (χ2v) is 4.48. The van der Waals surface area contributed by atoms with Crippen LogP contribution in [0.1, 0.15) is 18.3 Å². The number of imidazole rings is 1. The molecule has 0 saturated carbocycles. The summed E-state index contributed by atoms with van der Waals surface area (Å²) in [5.74, 6) is -0.0439. The Balaban J connectivity index is 1.98. The summed E-state index contributed by atoms with van der Waals surface area (Å²) in [5.41, 5.74) is 2.99. The van der Waals surface area contributed by atoms with Gasteiger partial charge in [0, 0.05) is 37.0 Å². The molecule has 1 aliphatic rings. The Morgan fingerprint density at radius 1 is 1.47 bits per heavy atom. The summed E-state index contributed by atoms with van der Waals surface area (Å²) in [4.78, 5) is 4.37. The Morgan fingerprint density at radius 3 is 3.16 bits per heavy atom. The number of ether oxygens (including phenoxy) is 1. The quantitative estimate of drug-likeness (QED) is 0.919. The SMILES string of the molecule is CCOc1ccc(-n2cnc3c2CCNC3)cc1F. The van der Waals surface area contributed by atoms with Crippen LogP contribution < -0.4 is 10.1 Å². The Bertz CT molecular complexity index is 594. The van der Waals surface area contributed by atoms with Gasteiger partial charge in [-0.05, 0) is 19.1 Å². The molecule has 1 aromatic carbocycles. The molecule has 0 fully saturated rings. The van der Waals surface area contributed by atoms with Gasteiger partial charge in [-0.15, -0.1) is 0 Å². The molecular weight excluding hydrogens is 245 g/mol. The lowest BCUT2D eigenvalue weighted by molar-refractivity contribution is 0.321. The number of hydrogen-bond acceptors (Lipinski definition) is 3. The molecule has 0 atom stereocenters. The van der Waals surface area contributed by atoms with Gasteiger partial charge >= 0.3 is 0 Å². The highest BCUT2D eigenvalue weighted by Gasteiger charge is 2.16. The van der Waals surface area contributed by atoms with E-state index in [-0.39, 0.29) is 5.82 Å². The fourth-order valence-electron chi connectivity index (χ4n) is 2.37. The van der Waals surface area contributed by atoms with E-state index in [1.807, 2.05) is 17.6 Å². The first-order valence-electron chi connectivity index (χ1n) is 6.48. The Morgan fingerprint density at radius 2 is 2.37 bits per heavy atom. The summed E-state index contributed by atoms with van der Waals surface area (Å²) in [6.07, 6.45) is 2.66. The number of halogens is 1. The van der Waals surface area contributed by atoms with Gasteiger partial charge in [0.25, 0.3) is 0 Å². The monoisotopic (exact) mass is 261 g/mol. The van der Waals surface area contributed by atoms with Crippen molar-refractivity contribution in [3.8, 4) is 11.4 Å². The fraction of sp³-hybridized carbons (Fsp3) is 0.357. The zero-order chi connectivity index (χ0) is 13.2. The van der Waals surface area contributed by atoms with Gasteiger partial charge in [0.1, 0.15) is 0 Å². The van der Waals surface area contributed by atoms with E-state index in [0.717, 1.165) is 36.6 Å². The molecular formula is C14H16FN3O. The molecule has 5 heteroatoms. The summed E-state index contributed by atoms with van der Waals surface area (Å²) in [6, 6.07) is 5.02. The van der Waals surface area contributed by atoms with Gasteiger partial charge in [0.2, 0.25) is 0 Å². The molecule has 2 heterocycles. The molecule has 1 N–H and O–H groups in total. The first kappa shape index (κ1) is 12.2. The van der Waals surface area contributed by atoms with Crippen LogP contribution in [-0.2, 0) is 13.0 Å². The Hall–Kier alpha value is -1.88. The third-order valence-corrected chi connectivity index (χ3v) is 3.28. The fourth-order valence-corrected chi connectivity index (χ4v) is 2.37. The largest absolute Gasteiger partial charge is 0.491 e. The number of benzene rings is 1. The first-order chi connectivity index (χ1) is 9.29. The minimum absolute atomic E-state index is 0.293. The van der Waals surface area contributed by atoms with Gasteiger partial charge in [-0.2, -0.15) is 0 Å². The van der Waals surface area contributed by atoms with Crippen LogP contribution in [0, 0.1) is 5.82 Å². The normalized spacial score (nSPS) is 14.2. The van der Waals surface area contributed by atoms with Crippen molar-refractivity contribution in [3.63, 3.8) is 0 Å². The highest BCUT2D eigenvalue weighted by Crippen LogP contribution is 2.23. The highest BCUT2D eigenvalue weighted by molar-refractivity contribution is 5.41. The van der Waals surface area contributed by atoms with E-state index < -0.39 is 0 Å². The predicted molar refractivity (Wildman–Crippen MR) is 70.1 cm³/mol. The van der Waals surface area contributed by atoms with Gasteiger partial charge in [-0.1, -0.05) is 0 Å². The lowest BCUT2D eigenvalue weighted by atomic mass is 10.1. The molecule has 0 amide bonds. The number of rotatable bonds is 3. The molecule has 0 radical (unpaired) electrons. The van der Waals surface area contributed by atoms with Crippen LogP contribution in [0.3, 0.4) is 0 Å². The molecule has 1 aliphatic heterocycles. The van der Waals surface area contributed by atoms with Crippen LogP contribution in [0.4, 0.5) is 4.39 Å². The summed E-state index contributed by atoms with van der Waals surface area (Å²) in [7, 11) is 0. The van der Waals surface area contributed by atoms with Crippen LogP contribution >= 0.6 is 0 Å². The van der Waals surface area contributed by atoms with Crippen molar-refractivity contribution in [2.45, 2.75) is 19.9 Å². The molecule has 1 aromatic heterocycles. The number of nitrogens with zero attached hydrogens (tertiary/aromatic N) is 2. The topological polar surface area (TPSA) is 39.1 Å². The van der Waals surface area contributed by atoms with E-state index in [4.69, 9.17) is 4.74 Å². The third kappa shape index (κ3) is 2.21. The number of nitrogens with one attached hydrogen (secondary N) is 1. The van der Waals surface area contributed by atoms with Crippen LogP contribution in [0.5, 0.6) is 5.75 Å². The van der Waals surface area contributed by atoms with Gasteiger partial charge in [-0.3, -0.25) is 0 Å².